The normalized spacial score (nSPS) is 10.1. The zero-order valence-electron chi connectivity index (χ0n) is 14.2. The van der Waals surface area contributed by atoms with E-state index in [2.05, 4.69) is 4.74 Å². The second kappa shape index (κ2) is 7.99. The van der Waals surface area contributed by atoms with E-state index in [0.29, 0.717) is 0 Å². The molecule has 0 aliphatic carbocycles. The number of carbonyl (C=O) groups is 1. The van der Waals surface area contributed by atoms with Crippen molar-refractivity contribution in [2.24, 2.45) is 0 Å². The van der Waals surface area contributed by atoms with E-state index in [0.717, 1.165) is 24.3 Å². The minimum Gasteiger partial charge on any atom is -0.493 e. The third kappa shape index (κ3) is 4.39. The Balaban J connectivity index is 2.60. The summed E-state index contributed by atoms with van der Waals surface area (Å²) in [5.41, 5.74) is -0.415. The minimum absolute atomic E-state index is 0.0851. The molecule has 0 heterocycles. The lowest BCUT2D eigenvalue weighted by molar-refractivity contribution is -0.385. The molecule has 0 spiro atoms. The number of nitro benzene ring substituents is 2. The number of nitro groups is 2. The topological polar surface area (TPSA) is 151 Å². The number of hydrogen-bond donors (Lipinski definition) is 1. The molecule has 0 bridgehead atoms. The molecular weight excluding hydrogens is 364 g/mol. The van der Waals surface area contributed by atoms with Gasteiger partial charge in [0.1, 0.15) is 5.75 Å². The Bertz CT molecular complexity index is 911. The van der Waals surface area contributed by atoms with E-state index in [1.807, 2.05) is 0 Å². The number of benzene rings is 2. The van der Waals surface area contributed by atoms with E-state index in [4.69, 9.17) is 14.6 Å². The van der Waals surface area contributed by atoms with Gasteiger partial charge < -0.3 is 19.3 Å². The highest BCUT2D eigenvalue weighted by atomic mass is 16.7. The molecule has 0 aliphatic rings. The van der Waals surface area contributed by atoms with E-state index >= 15 is 0 Å². The van der Waals surface area contributed by atoms with Crippen molar-refractivity contribution < 1.29 is 34.0 Å². The summed E-state index contributed by atoms with van der Waals surface area (Å²) in [4.78, 5) is 31.9. The first-order chi connectivity index (χ1) is 12.8. The molecule has 27 heavy (non-hydrogen) atoms. The smallest absolute Gasteiger partial charge is 0.493 e. The molecule has 2 aromatic carbocycles. The van der Waals surface area contributed by atoms with Crippen LogP contribution in [0.3, 0.4) is 0 Å². The van der Waals surface area contributed by atoms with Crippen LogP contribution in [0.15, 0.2) is 30.3 Å². The first kappa shape index (κ1) is 19.4. The molecule has 2 rings (SSSR count). The molecule has 2 aromatic rings. The van der Waals surface area contributed by atoms with Crippen LogP contribution in [0.4, 0.5) is 16.2 Å². The summed E-state index contributed by atoms with van der Waals surface area (Å²) >= 11 is 0. The monoisotopic (exact) mass is 378 g/mol. The van der Waals surface area contributed by atoms with E-state index in [1.54, 1.807) is 0 Å². The molecule has 142 valence electrons. The Labute approximate surface area is 152 Å². The first-order valence-electron chi connectivity index (χ1n) is 7.34. The van der Waals surface area contributed by atoms with E-state index in [1.165, 1.54) is 20.3 Å². The number of nitrogens with zero attached hydrogens (tertiary/aromatic N) is 2. The predicted molar refractivity (Wildman–Crippen MR) is 90.8 cm³/mol. The third-order valence-electron chi connectivity index (χ3n) is 3.61. The van der Waals surface area contributed by atoms with Crippen molar-refractivity contribution in [2.75, 3.05) is 14.2 Å². The average molecular weight is 378 g/mol. The van der Waals surface area contributed by atoms with Crippen molar-refractivity contribution >= 4 is 17.5 Å². The Hall–Kier alpha value is -3.89. The summed E-state index contributed by atoms with van der Waals surface area (Å²) in [7, 11) is 2.67. The Morgan fingerprint density at radius 3 is 2.11 bits per heavy atom. The van der Waals surface area contributed by atoms with Gasteiger partial charge in [-0.1, -0.05) is 0 Å². The highest BCUT2D eigenvalue weighted by Crippen LogP contribution is 2.37. The zero-order chi connectivity index (χ0) is 20.1. The first-order valence-corrected chi connectivity index (χ1v) is 7.34. The van der Waals surface area contributed by atoms with Gasteiger partial charge in [0.2, 0.25) is 0 Å². The van der Waals surface area contributed by atoms with Crippen molar-refractivity contribution in [2.45, 2.75) is 6.42 Å². The summed E-state index contributed by atoms with van der Waals surface area (Å²) in [5.74, 6) is 0.176. The second-order valence-electron chi connectivity index (χ2n) is 5.19. The lowest BCUT2D eigenvalue weighted by atomic mass is 10.0. The van der Waals surface area contributed by atoms with Crippen LogP contribution in [0.5, 0.6) is 17.2 Å². The van der Waals surface area contributed by atoms with Crippen molar-refractivity contribution in [3.05, 3.63) is 61.7 Å². The van der Waals surface area contributed by atoms with Gasteiger partial charge in [-0.05, 0) is 12.1 Å². The zero-order valence-corrected chi connectivity index (χ0v) is 14.2. The summed E-state index contributed by atoms with van der Waals surface area (Å²) in [6.45, 7) is 0. The van der Waals surface area contributed by atoms with Gasteiger partial charge in [-0.25, -0.2) is 4.79 Å². The lowest BCUT2D eigenvalue weighted by Crippen LogP contribution is -2.07. The van der Waals surface area contributed by atoms with Gasteiger partial charge in [0.05, 0.1) is 30.1 Å². The Morgan fingerprint density at radius 2 is 1.59 bits per heavy atom. The molecule has 0 atom stereocenters. The van der Waals surface area contributed by atoms with Crippen LogP contribution < -0.4 is 14.2 Å². The summed E-state index contributed by atoms with van der Waals surface area (Å²) < 4.78 is 14.8. The van der Waals surface area contributed by atoms with E-state index in [-0.39, 0.29) is 46.2 Å². The van der Waals surface area contributed by atoms with Crippen molar-refractivity contribution in [1.29, 1.82) is 0 Å². The molecule has 0 radical (unpaired) electrons. The lowest BCUT2D eigenvalue weighted by Gasteiger charge is -2.12. The third-order valence-corrected chi connectivity index (χ3v) is 3.61. The molecule has 0 fully saturated rings. The fourth-order valence-electron chi connectivity index (χ4n) is 2.44. The molecule has 11 nitrogen and oxygen atoms in total. The predicted octanol–water partition coefficient (Wildman–Crippen LogP) is 3.17. The number of hydrogen-bond acceptors (Lipinski definition) is 8. The van der Waals surface area contributed by atoms with Gasteiger partial charge in [-0.2, -0.15) is 0 Å². The van der Waals surface area contributed by atoms with Crippen molar-refractivity contribution in [1.82, 2.24) is 0 Å². The van der Waals surface area contributed by atoms with Crippen LogP contribution in [-0.2, 0) is 6.42 Å². The van der Waals surface area contributed by atoms with E-state index in [9.17, 15) is 25.0 Å². The van der Waals surface area contributed by atoms with E-state index < -0.39 is 16.0 Å². The second-order valence-corrected chi connectivity index (χ2v) is 5.19. The maximum Gasteiger partial charge on any atom is 0.511 e. The molecule has 0 unspecified atom stereocenters. The highest BCUT2D eigenvalue weighted by Gasteiger charge is 2.22. The number of non-ortho nitro benzene ring substituents is 1. The minimum atomic E-state index is -1.62. The molecule has 0 aromatic heterocycles. The average Bonchev–Trinajstić information content (AvgIpc) is 2.61. The van der Waals surface area contributed by atoms with Crippen LogP contribution in [0.1, 0.15) is 11.1 Å². The molecule has 0 saturated carbocycles. The van der Waals surface area contributed by atoms with Crippen LogP contribution >= 0.6 is 0 Å². The largest absolute Gasteiger partial charge is 0.511 e. The Kier molecular flexibility index (Phi) is 5.75. The fourth-order valence-corrected chi connectivity index (χ4v) is 2.44. The number of rotatable bonds is 7. The molecule has 0 saturated heterocycles. The van der Waals surface area contributed by atoms with Gasteiger partial charge in [0.15, 0.2) is 11.5 Å². The SMILES string of the molecule is COc1cc(Cc2cc([N+](=O)[O-])ccc2OC(=O)O)c([N+](=O)[O-])cc1OC. The molecule has 0 amide bonds. The quantitative estimate of drug-likeness (QED) is 0.331. The van der Waals surface area contributed by atoms with Crippen LogP contribution in [0.25, 0.3) is 0 Å². The van der Waals surface area contributed by atoms with Gasteiger partial charge >= 0.3 is 6.16 Å². The molecule has 1 N–H and O–H groups in total. The summed E-state index contributed by atoms with van der Waals surface area (Å²) in [6.07, 6.45) is -1.83. The number of carboxylic acid groups (broad SMARTS) is 1. The van der Waals surface area contributed by atoms with Crippen molar-refractivity contribution in [3.63, 3.8) is 0 Å². The van der Waals surface area contributed by atoms with Crippen LogP contribution in [0.2, 0.25) is 0 Å². The molecule has 11 heteroatoms. The molecular formula is C16H14N2O9. The number of methoxy groups -OCH3 is 2. The van der Waals surface area contributed by atoms with Crippen LogP contribution in [0, 0.1) is 20.2 Å². The highest BCUT2D eigenvalue weighted by molar-refractivity contribution is 5.63. The fraction of sp³-hybridized carbons (Fsp3) is 0.188. The standard InChI is InChI=1S/C16H14N2O9/c1-25-14-7-9(12(18(23)24)8-15(14)26-2)5-10-6-11(17(21)22)3-4-13(10)27-16(19)20/h3-4,6-8H,5H2,1-2H3,(H,19,20). The number of ether oxygens (including phenoxy) is 3. The van der Waals surface area contributed by atoms with Gasteiger partial charge in [0, 0.05) is 29.7 Å². The summed E-state index contributed by atoms with van der Waals surface area (Å²) in [5, 5.41) is 31.2. The Morgan fingerprint density at radius 1 is 0.963 bits per heavy atom. The van der Waals surface area contributed by atoms with Crippen molar-refractivity contribution in [3.8, 4) is 17.2 Å². The van der Waals surface area contributed by atoms with Gasteiger partial charge in [-0.15, -0.1) is 0 Å². The maximum absolute atomic E-state index is 11.4. The summed E-state index contributed by atoms with van der Waals surface area (Å²) in [6, 6.07) is 5.79. The maximum atomic E-state index is 11.4. The van der Waals surface area contributed by atoms with Gasteiger partial charge in [0.25, 0.3) is 11.4 Å². The molecule has 0 aliphatic heterocycles. The van der Waals surface area contributed by atoms with Crippen LogP contribution in [-0.4, -0.2) is 35.3 Å². The van der Waals surface area contributed by atoms with Gasteiger partial charge in [-0.3, -0.25) is 20.2 Å².